The van der Waals surface area contributed by atoms with Crippen LogP contribution < -0.4 is 9.80 Å². The van der Waals surface area contributed by atoms with E-state index in [9.17, 15) is 9.59 Å². The molecule has 0 aliphatic carbocycles. The van der Waals surface area contributed by atoms with Crippen molar-refractivity contribution in [2.45, 2.75) is 46.0 Å². The summed E-state index contributed by atoms with van der Waals surface area (Å²) >= 11 is 0. The molecule has 152 valence electrons. The van der Waals surface area contributed by atoms with Crippen molar-refractivity contribution in [3.63, 3.8) is 0 Å². The molecule has 3 aliphatic rings. The van der Waals surface area contributed by atoms with Crippen LogP contribution in [0.1, 0.15) is 46.0 Å². The molecule has 0 radical (unpaired) electrons. The Balaban J connectivity index is 1.39. The topological polar surface area (TPSA) is 43.9 Å². The van der Waals surface area contributed by atoms with Crippen LogP contribution in [0.15, 0.2) is 24.3 Å². The molecule has 2 atom stereocenters. The summed E-state index contributed by atoms with van der Waals surface area (Å²) < 4.78 is 0. The molecule has 4 rings (SSSR count). The molecule has 3 aliphatic heterocycles. The van der Waals surface area contributed by atoms with Crippen molar-refractivity contribution in [2.75, 3.05) is 42.5 Å². The predicted octanol–water partition coefficient (Wildman–Crippen LogP) is 3.53. The van der Waals surface area contributed by atoms with E-state index >= 15 is 0 Å². The summed E-state index contributed by atoms with van der Waals surface area (Å²) in [5.41, 5.74) is 2.15. The van der Waals surface area contributed by atoms with Crippen molar-refractivity contribution in [3.05, 3.63) is 24.3 Å². The Morgan fingerprint density at radius 1 is 0.893 bits per heavy atom. The molecule has 2 amide bonds. The number of benzene rings is 1. The first-order chi connectivity index (χ1) is 13.5. The highest BCUT2D eigenvalue weighted by atomic mass is 16.2. The van der Waals surface area contributed by atoms with E-state index in [4.69, 9.17) is 0 Å². The molecule has 28 heavy (non-hydrogen) atoms. The SMILES string of the molecule is CC1CCN(c2ccc(N3CC(C(=O)N4CCCC(C)C4)CC3=O)cc2)CC1. The van der Waals surface area contributed by atoms with Gasteiger partial charge in [-0.3, -0.25) is 9.59 Å². The van der Waals surface area contributed by atoms with Gasteiger partial charge in [0.15, 0.2) is 0 Å². The van der Waals surface area contributed by atoms with E-state index in [1.807, 2.05) is 17.0 Å². The summed E-state index contributed by atoms with van der Waals surface area (Å²) in [5.74, 6) is 1.43. The molecule has 5 nitrogen and oxygen atoms in total. The van der Waals surface area contributed by atoms with Gasteiger partial charge in [-0.05, 0) is 61.8 Å². The van der Waals surface area contributed by atoms with Crippen molar-refractivity contribution in [1.82, 2.24) is 4.90 Å². The van der Waals surface area contributed by atoms with Crippen LogP contribution >= 0.6 is 0 Å². The third-order valence-electron chi connectivity index (χ3n) is 6.75. The summed E-state index contributed by atoms with van der Waals surface area (Å²) in [4.78, 5) is 31.7. The average Bonchev–Trinajstić information content (AvgIpc) is 3.10. The minimum absolute atomic E-state index is 0.0722. The standard InChI is InChI=1S/C23H33N3O2/c1-17-9-12-24(13-10-17)20-5-7-21(8-6-20)26-16-19(14-22(26)27)23(28)25-11-3-4-18(2)15-25/h5-8,17-19H,3-4,9-16H2,1-2H3. The van der Waals surface area contributed by atoms with Crippen LogP contribution in [0.3, 0.4) is 0 Å². The lowest BCUT2D eigenvalue weighted by Gasteiger charge is -2.33. The number of carbonyl (C=O) groups is 2. The highest BCUT2D eigenvalue weighted by Gasteiger charge is 2.38. The van der Waals surface area contributed by atoms with Crippen molar-refractivity contribution in [3.8, 4) is 0 Å². The summed E-state index contributed by atoms with van der Waals surface area (Å²) in [5, 5.41) is 0. The second kappa shape index (κ2) is 8.14. The molecular formula is C23H33N3O2. The molecule has 0 bridgehead atoms. The molecule has 0 saturated carbocycles. The zero-order chi connectivity index (χ0) is 19.7. The number of carbonyl (C=O) groups excluding carboxylic acids is 2. The highest BCUT2D eigenvalue weighted by molar-refractivity contribution is 6.00. The number of hydrogen-bond donors (Lipinski definition) is 0. The van der Waals surface area contributed by atoms with E-state index in [1.165, 1.54) is 24.9 Å². The maximum Gasteiger partial charge on any atom is 0.228 e. The minimum Gasteiger partial charge on any atom is -0.372 e. The summed E-state index contributed by atoms with van der Waals surface area (Å²) in [6, 6.07) is 8.34. The minimum atomic E-state index is -0.193. The zero-order valence-electron chi connectivity index (χ0n) is 17.3. The Labute approximate surface area is 168 Å². The fourth-order valence-electron chi connectivity index (χ4n) is 4.88. The van der Waals surface area contributed by atoms with Crippen molar-refractivity contribution >= 4 is 23.2 Å². The Hall–Kier alpha value is -2.04. The molecule has 3 saturated heterocycles. The van der Waals surface area contributed by atoms with Crippen molar-refractivity contribution in [1.29, 1.82) is 0 Å². The van der Waals surface area contributed by atoms with Crippen LogP contribution in [0.25, 0.3) is 0 Å². The van der Waals surface area contributed by atoms with Crippen molar-refractivity contribution in [2.24, 2.45) is 17.8 Å². The van der Waals surface area contributed by atoms with Gasteiger partial charge in [0.1, 0.15) is 0 Å². The number of likely N-dealkylation sites (tertiary alicyclic amines) is 1. The van der Waals surface area contributed by atoms with Crippen LogP contribution in [0, 0.1) is 17.8 Å². The number of hydrogen-bond acceptors (Lipinski definition) is 3. The van der Waals surface area contributed by atoms with E-state index < -0.39 is 0 Å². The molecule has 1 aromatic carbocycles. The zero-order valence-corrected chi connectivity index (χ0v) is 17.3. The first-order valence-electron chi connectivity index (χ1n) is 11.0. The monoisotopic (exact) mass is 383 g/mol. The Morgan fingerprint density at radius 2 is 1.57 bits per heavy atom. The third-order valence-corrected chi connectivity index (χ3v) is 6.75. The van der Waals surface area contributed by atoms with Gasteiger partial charge in [-0.2, -0.15) is 0 Å². The first kappa shape index (κ1) is 19.3. The summed E-state index contributed by atoms with van der Waals surface area (Å²) in [6.07, 6.45) is 5.10. The van der Waals surface area contributed by atoms with Gasteiger partial charge in [0.2, 0.25) is 11.8 Å². The van der Waals surface area contributed by atoms with Gasteiger partial charge in [-0.25, -0.2) is 0 Å². The lowest BCUT2D eigenvalue weighted by atomic mass is 9.98. The number of anilines is 2. The van der Waals surface area contributed by atoms with Gasteiger partial charge in [0.25, 0.3) is 0 Å². The van der Waals surface area contributed by atoms with Gasteiger partial charge >= 0.3 is 0 Å². The highest BCUT2D eigenvalue weighted by Crippen LogP contribution is 2.30. The van der Waals surface area contributed by atoms with Gasteiger partial charge < -0.3 is 14.7 Å². The fourth-order valence-corrected chi connectivity index (χ4v) is 4.88. The van der Waals surface area contributed by atoms with Crippen LogP contribution in [0.4, 0.5) is 11.4 Å². The number of amides is 2. The van der Waals surface area contributed by atoms with Gasteiger partial charge in [-0.1, -0.05) is 13.8 Å². The van der Waals surface area contributed by atoms with Crippen LogP contribution in [0.2, 0.25) is 0 Å². The van der Waals surface area contributed by atoms with Crippen LogP contribution in [0.5, 0.6) is 0 Å². The maximum absolute atomic E-state index is 12.9. The Bertz CT molecular complexity index is 709. The summed E-state index contributed by atoms with van der Waals surface area (Å²) in [7, 11) is 0. The lowest BCUT2D eigenvalue weighted by Crippen LogP contribution is -2.43. The summed E-state index contributed by atoms with van der Waals surface area (Å²) in [6.45, 7) is 8.94. The quantitative estimate of drug-likeness (QED) is 0.802. The van der Waals surface area contributed by atoms with Gasteiger partial charge in [0, 0.05) is 50.5 Å². The molecule has 0 aromatic heterocycles. The van der Waals surface area contributed by atoms with E-state index in [0.29, 0.717) is 18.9 Å². The number of nitrogens with zero attached hydrogens (tertiary/aromatic N) is 3. The molecule has 5 heteroatoms. The molecule has 3 heterocycles. The van der Waals surface area contributed by atoms with E-state index in [1.54, 1.807) is 4.90 Å². The van der Waals surface area contributed by atoms with Gasteiger partial charge in [-0.15, -0.1) is 0 Å². The Morgan fingerprint density at radius 3 is 2.25 bits per heavy atom. The van der Waals surface area contributed by atoms with E-state index in [0.717, 1.165) is 44.2 Å². The maximum atomic E-state index is 12.9. The van der Waals surface area contributed by atoms with E-state index in [-0.39, 0.29) is 17.7 Å². The van der Waals surface area contributed by atoms with Gasteiger partial charge in [0.05, 0.1) is 5.92 Å². The first-order valence-corrected chi connectivity index (χ1v) is 11.0. The average molecular weight is 384 g/mol. The van der Waals surface area contributed by atoms with Crippen LogP contribution in [-0.4, -0.2) is 49.4 Å². The predicted molar refractivity (Wildman–Crippen MR) is 112 cm³/mol. The van der Waals surface area contributed by atoms with Crippen LogP contribution in [-0.2, 0) is 9.59 Å². The number of rotatable bonds is 3. The molecule has 1 aromatic rings. The second-order valence-electron chi connectivity index (χ2n) is 9.12. The normalized spacial score (nSPS) is 26.8. The van der Waals surface area contributed by atoms with Crippen molar-refractivity contribution < 1.29 is 9.59 Å². The lowest BCUT2D eigenvalue weighted by molar-refractivity contribution is -0.137. The smallest absolute Gasteiger partial charge is 0.228 e. The second-order valence-corrected chi connectivity index (χ2v) is 9.12. The molecule has 2 unspecified atom stereocenters. The Kier molecular flexibility index (Phi) is 5.61. The van der Waals surface area contributed by atoms with E-state index in [2.05, 4.69) is 30.9 Å². The largest absolute Gasteiger partial charge is 0.372 e. The number of piperidine rings is 2. The molecule has 0 spiro atoms. The molecule has 3 fully saturated rings. The molecule has 0 N–H and O–H groups in total. The third kappa shape index (κ3) is 4.03. The molecular weight excluding hydrogens is 350 g/mol. The fraction of sp³-hybridized carbons (Fsp3) is 0.652.